The Balaban J connectivity index is 2.93. The first-order valence-corrected chi connectivity index (χ1v) is 5.28. The third kappa shape index (κ3) is 3.09. The number of aliphatic hydroxyl groups excluding tert-OH is 1. The molecule has 1 aromatic heterocycles. The second-order valence-corrected chi connectivity index (χ2v) is 3.58. The highest BCUT2D eigenvalue weighted by Gasteiger charge is 2.09. The lowest BCUT2D eigenvalue weighted by Crippen LogP contribution is -2.29. The molecule has 0 bridgehead atoms. The normalized spacial score (nSPS) is 10.3. The van der Waals surface area contributed by atoms with Crippen molar-refractivity contribution < 1.29 is 5.11 Å². The van der Waals surface area contributed by atoms with Crippen LogP contribution in [-0.4, -0.2) is 29.8 Å². The lowest BCUT2D eigenvalue weighted by molar-refractivity contribution is 0.301. The Morgan fingerprint density at radius 2 is 2.13 bits per heavy atom. The van der Waals surface area contributed by atoms with Crippen molar-refractivity contribution in [2.45, 2.75) is 20.3 Å². The summed E-state index contributed by atoms with van der Waals surface area (Å²) >= 11 is 0. The summed E-state index contributed by atoms with van der Waals surface area (Å²) in [5, 5.41) is 8.97. The van der Waals surface area contributed by atoms with E-state index in [1.807, 2.05) is 24.0 Å². The Morgan fingerprint density at radius 3 is 2.73 bits per heavy atom. The number of rotatable bonds is 5. The van der Waals surface area contributed by atoms with Crippen molar-refractivity contribution in [2.75, 3.05) is 30.3 Å². The average molecular weight is 209 g/mol. The topological polar surface area (TPSA) is 62.4 Å². The van der Waals surface area contributed by atoms with Gasteiger partial charge in [0.2, 0.25) is 0 Å². The maximum atomic E-state index is 8.97. The Bertz CT molecular complexity index is 309. The van der Waals surface area contributed by atoms with Gasteiger partial charge in [0.25, 0.3) is 0 Å². The predicted molar refractivity (Wildman–Crippen MR) is 63.0 cm³/mol. The maximum absolute atomic E-state index is 8.97. The Hall–Kier alpha value is -1.29. The van der Waals surface area contributed by atoms with Crippen LogP contribution in [0.3, 0.4) is 0 Å². The minimum atomic E-state index is 0.120. The van der Waals surface area contributed by atoms with Crippen molar-refractivity contribution in [3.05, 3.63) is 17.8 Å². The van der Waals surface area contributed by atoms with E-state index in [1.54, 1.807) is 0 Å². The Labute approximate surface area is 90.7 Å². The first-order valence-electron chi connectivity index (χ1n) is 5.28. The summed E-state index contributed by atoms with van der Waals surface area (Å²) in [7, 11) is 0. The minimum absolute atomic E-state index is 0.120. The quantitative estimate of drug-likeness (QED) is 0.764. The molecule has 0 aliphatic rings. The van der Waals surface area contributed by atoms with E-state index >= 15 is 0 Å². The highest BCUT2D eigenvalue weighted by Crippen LogP contribution is 2.20. The fraction of sp³-hybridized carbons (Fsp3) is 0.545. The monoisotopic (exact) mass is 209 g/mol. The van der Waals surface area contributed by atoms with Crippen LogP contribution in [0.2, 0.25) is 0 Å². The van der Waals surface area contributed by atoms with Crippen LogP contribution in [0, 0.1) is 6.92 Å². The number of pyridine rings is 1. The zero-order valence-corrected chi connectivity index (χ0v) is 9.40. The summed E-state index contributed by atoms with van der Waals surface area (Å²) in [6.07, 6.45) is 1.01. The van der Waals surface area contributed by atoms with Crippen LogP contribution in [0.25, 0.3) is 0 Å². The van der Waals surface area contributed by atoms with Crippen LogP contribution < -0.4 is 10.6 Å². The van der Waals surface area contributed by atoms with Gasteiger partial charge in [-0.15, -0.1) is 0 Å². The molecular formula is C11H19N3O. The smallest absolute Gasteiger partial charge is 0.152 e. The molecular weight excluding hydrogens is 190 g/mol. The first-order chi connectivity index (χ1) is 7.19. The summed E-state index contributed by atoms with van der Waals surface area (Å²) in [5.41, 5.74) is 7.48. The van der Waals surface area contributed by atoms with Crippen molar-refractivity contribution in [2.24, 2.45) is 0 Å². The lowest BCUT2D eigenvalue weighted by Gasteiger charge is -2.23. The number of aliphatic hydroxyl groups is 1. The molecule has 84 valence electrons. The average Bonchev–Trinajstić information content (AvgIpc) is 2.21. The fourth-order valence-corrected chi connectivity index (χ4v) is 1.52. The number of anilines is 2. The highest BCUT2D eigenvalue weighted by molar-refractivity contribution is 5.62. The number of nitrogens with zero attached hydrogens (tertiary/aromatic N) is 2. The Kier molecular flexibility index (Phi) is 4.37. The van der Waals surface area contributed by atoms with E-state index in [2.05, 4.69) is 11.9 Å². The molecule has 0 atom stereocenters. The van der Waals surface area contributed by atoms with E-state index in [0.29, 0.717) is 12.2 Å². The van der Waals surface area contributed by atoms with Crippen LogP contribution in [0.5, 0.6) is 0 Å². The van der Waals surface area contributed by atoms with E-state index < -0.39 is 0 Å². The van der Waals surface area contributed by atoms with Gasteiger partial charge in [-0.25, -0.2) is 4.98 Å². The van der Waals surface area contributed by atoms with Crippen molar-refractivity contribution in [3.63, 3.8) is 0 Å². The molecule has 1 heterocycles. The van der Waals surface area contributed by atoms with E-state index in [0.717, 1.165) is 24.5 Å². The zero-order chi connectivity index (χ0) is 11.3. The molecule has 0 saturated carbocycles. The van der Waals surface area contributed by atoms with Gasteiger partial charge in [0.15, 0.2) is 5.82 Å². The Morgan fingerprint density at radius 1 is 1.40 bits per heavy atom. The van der Waals surface area contributed by atoms with Crippen LogP contribution in [0.15, 0.2) is 12.1 Å². The second kappa shape index (κ2) is 5.56. The molecule has 3 N–H and O–H groups in total. The molecule has 0 radical (unpaired) electrons. The number of nitrogen functional groups attached to an aromatic ring is 1. The van der Waals surface area contributed by atoms with Crippen LogP contribution in [0.1, 0.15) is 19.0 Å². The van der Waals surface area contributed by atoms with Gasteiger partial charge in [-0.3, -0.25) is 0 Å². The third-order valence-electron chi connectivity index (χ3n) is 2.21. The largest absolute Gasteiger partial charge is 0.396 e. The van der Waals surface area contributed by atoms with E-state index in [4.69, 9.17) is 10.8 Å². The number of hydrogen-bond donors (Lipinski definition) is 2. The lowest BCUT2D eigenvalue weighted by atomic mass is 10.3. The molecule has 15 heavy (non-hydrogen) atoms. The molecule has 0 aliphatic carbocycles. The van der Waals surface area contributed by atoms with Gasteiger partial charge >= 0.3 is 0 Å². The zero-order valence-electron chi connectivity index (χ0n) is 9.40. The fourth-order valence-electron chi connectivity index (χ4n) is 1.52. The number of aromatic nitrogens is 1. The van der Waals surface area contributed by atoms with Crippen LogP contribution in [-0.2, 0) is 0 Å². The summed E-state index contributed by atoms with van der Waals surface area (Å²) < 4.78 is 0. The SMILES string of the molecule is CCCN(CCO)c1nc(C)ccc1N. The predicted octanol–water partition coefficient (Wildman–Crippen LogP) is 1.18. The van der Waals surface area contributed by atoms with Crippen molar-refractivity contribution >= 4 is 11.5 Å². The molecule has 0 spiro atoms. The molecule has 0 aliphatic heterocycles. The van der Waals surface area contributed by atoms with Gasteiger partial charge in [0.05, 0.1) is 12.3 Å². The number of nitrogens with two attached hydrogens (primary N) is 1. The van der Waals surface area contributed by atoms with Crippen molar-refractivity contribution in [1.29, 1.82) is 0 Å². The molecule has 0 aromatic carbocycles. The van der Waals surface area contributed by atoms with E-state index in [9.17, 15) is 0 Å². The summed E-state index contributed by atoms with van der Waals surface area (Å²) in [5.74, 6) is 0.783. The van der Waals surface area contributed by atoms with Gasteiger partial charge in [0.1, 0.15) is 0 Å². The van der Waals surface area contributed by atoms with Crippen molar-refractivity contribution in [3.8, 4) is 0 Å². The highest BCUT2D eigenvalue weighted by atomic mass is 16.3. The molecule has 1 aromatic rings. The van der Waals surface area contributed by atoms with Gasteiger partial charge < -0.3 is 15.7 Å². The molecule has 4 nitrogen and oxygen atoms in total. The molecule has 0 fully saturated rings. The van der Waals surface area contributed by atoms with E-state index in [-0.39, 0.29) is 6.61 Å². The van der Waals surface area contributed by atoms with Gasteiger partial charge in [-0.2, -0.15) is 0 Å². The second-order valence-electron chi connectivity index (χ2n) is 3.58. The number of aryl methyl sites for hydroxylation is 1. The number of hydrogen-bond acceptors (Lipinski definition) is 4. The standard InChI is InChI=1S/C11H19N3O/c1-3-6-14(7-8-15)11-10(12)5-4-9(2)13-11/h4-5,15H,3,6-8,12H2,1-2H3. The van der Waals surface area contributed by atoms with Gasteiger partial charge in [-0.05, 0) is 25.5 Å². The first kappa shape index (κ1) is 11.8. The summed E-state index contributed by atoms with van der Waals surface area (Å²) in [4.78, 5) is 6.42. The van der Waals surface area contributed by atoms with Gasteiger partial charge in [-0.1, -0.05) is 6.92 Å². The molecule has 0 unspecified atom stereocenters. The van der Waals surface area contributed by atoms with Crippen molar-refractivity contribution in [1.82, 2.24) is 4.98 Å². The third-order valence-corrected chi connectivity index (χ3v) is 2.21. The molecule has 1 rings (SSSR count). The van der Waals surface area contributed by atoms with Gasteiger partial charge in [0, 0.05) is 18.8 Å². The molecule has 0 saturated heterocycles. The van der Waals surface area contributed by atoms with Crippen LogP contribution >= 0.6 is 0 Å². The summed E-state index contributed by atoms with van der Waals surface area (Å²) in [6, 6.07) is 3.75. The maximum Gasteiger partial charge on any atom is 0.152 e. The van der Waals surface area contributed by atoms with E-state index in [1.165, 1.54) is 0 Å². The summed E-state index contributed by atoms with van der Waals surface area (Å²) in [6.45, 7) is 5.59. The van der Waals surface area contributed by atoms with Crippen LogP contribution in [0.4, 0.5) is 11.5 Å². The molecule has 4 heteroatoms. The molecule has 0 amide bonds. The minimum Gasteiger partial charge on any atom is -0.396 e.